The Bertz CT molecular complexity index is 1470. The van der Waals surface area contributed by atoms with Crippen molar-refractivity contribution >= 4 is 44.5 Å². The molecule has 1 fully saturated rings. The molecule has 37 heavy (non-hydrogen) atoms. The second-order valence-electron chi connectivity index (χ2n) is 8.42. The number of sulfonamides is 1. The van der Waals surface area contributed by atoms with E-state index >= 15 is 0 Å². The number of benzene rings is 1. The third-order valence-electron chi connectivity index (χ3n) is 5.93. The van der Waals surface area contributed by atoms with Crippen LogP contribution in [0.2, 0.25) is 0 Å². The van der Waals surface area contributed by atoms with E-state index in [0.29, 0.717) is 43.2 Å². The van der Waals surface area contributed by atoms with Gasteiger partial charge < -0.3 is 26.9 Å². The summed E-state index contributed by atoms with van der Waals surface area (Å²) in [6.45, 7) is 0.913. The van der Waals surface area contributed by atoms with Gasteiger partial charge in [-0.2, -0.15) is 4.98 Å². The Kier molecular flexibility index (Phi) is 7.59. The lowest BCUT2D eigenvalue weighted by molar-refractivity contribution is 0.131. The molecule has 7 N–H and O–H groups in total. The molecule has 1 aliphatic rings. The number of piperidine rings is 1. The number of allylic oxidation sites excluding steroid dienone is 1. The van der Waals surface area contributed by atoms with Crippen LogP contribution in [-0.4, -0.2) is 70.0 Å². The molecule has 0 amide bonds. The highest BCUT2D eigenvalue weighted by Gasteiger charge is 2.27. The van der Waals surface area contributed by atoms with E-state index in [4.69, 9.17) is 27.0 Å². The first-order valence-electron chi connectivity index (χ1n) is 11.4. The minimum absolute atomic E-state index is 0.0626. The summed E-state index contributed by atoms with van der Waals surface area (Å²) in [5, 5.41) is 19.7. The van der Waals surface area contributed by atoms with Gasteiger partial charge in [-0.25, -0.2) is 27.7 Å². The SMILES string of the molecule is CS(=O)(=O)N1CCC(Oc2nc(CNc3ncnc(N)c3C(=N)/C(C=N)=C/N)nc3ccccc23)CC1. The highest BCUT2D eigenvalue weighted by Crippen LogP contribution is 2.27. The van der Waals surface area contributed by atoms with Crippen LogP contribution in [0.3, 0.4) is 0 Å². The van der Waals surface area contributed by atoms with E-state index in [2.05, 4.69) is 25.3 Å². The summed E-state index contributed by atoms with van der Waals surface area (Å²) in [6, 6.07) is 7.46. The molecule has 13 nitrogen and oxygen atoms in total. The van der Waals surface area contributed by atoms with Crippen molar-refractivity contribution < 1.29 is 13.2 Å². The van der Waals surface area contributed by atoms with Gasteiger partial charge in [-0.15, -0.1) is 0 Å². The van der Waals surface area contributed by atoms with Gasteiger partial charge in [-0.1, -0.05) is 12.1 Å². The Balaban J connectivity index is 1.58. The van der Waals surface area contributed by atoms with Crippen LogP contribution in [0.5, 0.6) is 5.88 Å². The zero-order chi connectivity index (χ0) is 26.6. The number of nitrogens with zero attached hydrogens (tertiary/aromatic N) is 5. The first-order chi connectivity index (χ1) is 17.7. The van der Waals surface area contributed by atoms with Crippen LogP contribution in [0.25, 0.3) is 10.9 Å². The van der Waals surface area contributed by atoms with Crippen LogP contribution in [0.4, 0.5) is 11.6 Å². The average Bonchev–Trinajstić information content (AvgIpc) is 2.88. The van der Waals surface area contributed by atoms with Crippen molar-refractivity contribution in [3.8, 4) is 5.88 Å². The van der Waals surface area contributed by atoms with Gasteiger partial charge in [-0.3, -0.25) is 5.41 Å². The van der Waals surface area contributed by atoms with Crippen LogP contribution in [0.1, 0.15) is 24.2 Å². The largest absolute Gasteiger partial charge is 0.474 e. The molecule has 3 heterocycles. The lowest BCUT2D eigenvalue weighted by Crippen LogP contribution is -2.41. The number of rotatable bonds is 9. The van der Waals surface area contributed by atoms with Crippen molar-refractivity contribution in [3.63, 3.8) is 0 Å². The fraction of sp³-hybridized carbons (Fsp3) is 0.304. The van der Waals surface area contributed by atoms with E-state index < -0.39 is 10.0 Å². The Labute approximate surface area is 214 Å². The van der Waals surface area contributed by atoms with Crippen molar-refractivity contribution in [3.05, 3.63) is 53.8 Å². The van der Waals surface area contributed by atoms with E-state index in [1.54, 1.807) is 0 Å². The van der Waals surface area contributed by atoms with E-state index in [9.17, 15) is 8.42 Å². The summed E-state index contributed by atoms with van der Waals surface area (Å²) in [5.41, 5.74) is 12.5. The maximum Gasteiger partial charge on any atom is 0.225 e. The van der Waals surface area contributed by atoms with Gasteiger partial charge in [0.05, 0.1) is 35.0 Å². The molecule has 1 aliphatic heterocycles. The summed E-state index contributed by atoms with van der Waals surface area (Å²) in [7, 11) is -3.23. The zero-order valence-electron chi connectivity index (χ0n) is 20.2. The Morgan fingerprint density at radius 1 is 1.24 bits per heavy atom. The van der Waals surface area contributed by atoms with E-state index in [0.717, 1.165) is 17.8 Å². The van der Waals surface area contributed by atoms with Gasteiger partial charge in [0.25, 0.3) is 0 Å². The van der Waals surface area contributed by atoms with Gasteiger partial charge in [-0.05, 0) is 25.0 Å². The third-order valence-corrected chi connectivity index (χ3v) is 7.23. The minimum atomic E-state index is -3.23. The second-order valence-corrected chi connectivity index (χ2v) is 10.4. The Morgan fingerprint density at radius 2 is 1.97 bits per heavy atom. The van der Waals surface area contributed by atoms with Gasteiger partial charge in [0.2, 0.25) is 15.9 Å². The molecule has 4 rings (SSSR count). The molecule has 0 saturated carbocycles. The van der Waals surface area contributed by atoms with Crippen molar-refractivity contribution in [1.82, 2.24) is 24.2 Å². The van der Waals surface area contributed by atoms with Crippen LogP contribution >= 0.6 is 0 Å². The Morgan fingerprint density at radius 3 is 2.65 bits per heavy atom. The maximum atomic E-state index is 11.8. The lowest BCUT2D eigenvalue weighted by atomic mass is 10.1. The number of fused-ring (bicyclic) bond motifs is 1. The summed E-state index contributed by atoms with van der Waals surface area (Å²) >= 11 is 0. The second kappa shape index (κ2) is 10.8. The summed E-state index contributed by atoms with van der Waals surface area (Å²) in [5.74, 6) is 1.16. The molecule has 0 spiro atoms. The fourth-order valence-corrected chi connectivity index (χ4v) is 4.87. The van der Waals surface area contributed by atoms with Crippen LogP contribution < -0.4 is 21.5 Å². The standard InChI is InChI=1S/C23H28N10O3S/c1-37(34,35)33-8-6-15(7-9-33)36-23-16-4-2-3-5-17(16)31-18(32-23)12-28-22-19(21(27)29-13-30-22)20(26)14(10-24)11-25/h2-5,10-11,13,15,24,26H,6-9,12,25H2,1H3,(H3,27,28,29,30)/b14-11+,24-10?,26-20?. The maximum absolute atomic E-state index is 11.8. The number of aromatic nitrogens is 4. The number of nitrogen functional groups attached to an aromatic ring is 1. The topological polar surface area (TPSA) is 210 Å². The van der Waals surface area contributed by atoms with Gasteiger partial charge in [0.1, 0.15) is 24.1 Å². The average molecular weight is 525 g/mol. The van der Waals surface area contributed by atoms with Crippen LogP contribution in [-0.2, 0) is 16.6 Å². The molecule has 0 atom stereocenters. The monoisotopic (exact) mass is 524 g/mol. The quantitative estimate of drug-likeness (QED) is 0.253. The number of para-hydroxylation sites is 1. The van der Waals surface area contributed by atoms with Crippen LogP contribution in [0.15, 0.2) is 42.4 Å². The highest BCUT2D eigenvalue weighted by atomic mass is 32.2. The molecule has 3 aromatic rings. The van der Waals surface area contributed by atoms with Gasteiger partial charge in [0.15, 0.2) is 5.82 Å². The number of nitrogens with one attached hydrogen (secondary N) is 3. The molecule has 14 heteroatoms. The number of ether oxygens (including phenoxy) is 1. The zero-order valence-corrected chi connectivity index (χ0v) is 21.0. The Hall–Kier alpha value is -4.17. The predicted octanol–water partition coefficient (Wildman–Crippen LogP) is 1.28. The molecule has 0 radical (unpaired) electrons. The van der Waals surface area contributed by atoms with E-state index in [1.807, 2.05) is 24.3 Å². The first-order valence-corrected chi connectivity index (χ1v) is 13.3. The third kappa shape index (κ3) is 5.81. The van der Waals surface area contributed by atoms with Crippen molar-refractivity contribution in [2.24, 2.45) is 5.73 Å². The minimum Gasteiger partial charge on any atom is -0.474 e. The molecule has 0 unspecified atom stereocenters. The molecular formula is C23H28N10O3S. The van der Waals surface area contributed by atoms with Crippen molar-refractivity contribution in [2.75, 3.05) is 30.4 Å². The molecular weight excluding hydrogens is 496 g/mol. The number of hydrogen-bond donors (Lipinski definition) is 5. The highest BCUT2D eigenvalue weighted by molar-refractivity contribution is 7.88. The van der Waals surface area contributed by atoms with Crippen molar-refractivity contribution in [1.29, 1.82) is 10.8 Å². The van der Waals surface area contributed by atoms with E-state index in [1.165, 1.54) is 16.9 Å². The van der Waals surface area contributed by atoms with Crippen LogP contribution in [0, 0.1) is 10.8 Å². The lowest BCUT2D eigenvalue weighted by Gasteiger charge is -2.30. The molecule has 2 aromatic heterocycles. The number of nitrogens with two attached hydrogens (primary N) is 2. The first kappa shape index (κ1) is 25.9. The smallest absolute Gasteiger partial charge is 0.225 e. The molecule has 0 aliphatic carbocycles. The summed E-state index contributed by atoms with van der Waals surface area (Å²) in [4.78, 5) is 17.4. The normalized spacial score (nSPS) is 15.4. The van der Waals surface area contributed by atoms with E-state index in [-0.39, 0.29) is 41.1 Å². The number of anilines is 2. The summed E-state index contributed by atoms with van der Waals surface area (Å²) in [6.07, 6.45) is 5.49. The van der Waals surface area contributed by atoms with Gasteiger partial charge >= 0.3 is 0 Å². The molecule has 1 aromatic carbocycles. The molecule has 0 bridgehead atoms. The van der Waals surface area contributed by atoms with Gasteiger partial charge in [0, 0.05) is 31.1 Å². The predicted molar refractivity (Wildman–Crippen MR) is 141 cm³/mol. The molecule has 1 saturated heterocycles. The molecule has 194 valence electrons. The number of hydrogen-bond acceptors (Lipinski definition) is 12. The summed E-state index contributed by atoms with van der Waals surface area (Å²) < 4.78 is 31.3. The fourth-order valence-electron chi connectivity index (χ4n) is 3.99. The van der Waals surface area contributed by atoms with Crippen molar-refractivity contribution in [2.45, 2.75) is 25.5 Å².